The van der Waals surface area contributed by atoms with Gasteiger partial charge < -0.3 is 15.3 Å². The molecule has 5 heteroatoms. The lowest BCUT2D eigenvalue weighted by molar-refractivity contribution is -0.191. The lowest BCUT2D eigenvalue weighted by atomic mass is 9.34. The molecule has 0 heterocycles. The topological polar surface area (TPSA) is 94.8 Å². The quantitative estimate of drug-likeness (QED) is 0.382. The van der Waals surface area contributed by atoms with Crippen LogP contribution in [0.15, 0.2) is 11.6 Å². The molecule has 3 unspecified atom stereocenters. The van der Waals surface area contributed by atoms with Crippen LogP contribution in [0, 0.1) is 51.2 Å². The second-order valence-electron chi connectivity index (χ2n) is 14.2. The van der Waals surface area contributed by atoms with Crippen molar-refractivity contribution >= 4 is 11.9 Å². The van der Waals surface area contributed by atoms with Gasteiger partial charge in [-0.15, -0.1) is 0 Å². The summed E-state index contributed by atoms with van der Waals surface area (Å²) in [5.41, 5.74) is -0.625. The molecule has 0 amide bonds. The van der Waals surface area contributed by atoms with Gasteiger partial charge in [-0.2, -0.15) is 0 Å². The molecule has 4 aliphatic rings. The van der Waals surface area contributed by atoms with Crippen molar-refractivity contribution in [2.75, 3.05) is 0 Å². The van der Waals surface area contributed by atoms with Crippen LogP contribution in [0.2, 0.25) is 0 Å². The third kappa shape index (κ3) is 3.65. The zero-order valence-electron chi connectivity index (χ0n) is 23.0. The van der Waals surface area contributed by atoms with Crippen LogP contribution in [0.25, 0.3) is 0 Å². The van der Waals surface area contributed by atoms with Gasteiger partial charge in [0.15, 0.2) is 0 Å². The van der Waals surface area contributed by atoms with Crippen molar-refractivity contribution in [3.63, 3.8) is 0 Å². The molecule has 35 heavy (non-hydrogen) atoms. The molecule has 198 valence electrons. The van der Waals surface area contributed by atoms with E-state index in [1.807, 2.05) is 13.8 Å². The van der Waals surface area contributed by atoms with Gasteiger partial charge in [-0.3, -0.25) is 9.59 Å². The highest BCUT2D eigenvalue weighted by atomic mass is 16.4. The normalized spacial score (nSPS) is 47.7. The molecule has 0 aromatic heterocycles. The molecule has 3 saturated carbocycles. The third-order valence-corrected chi connectivity index (χ3v) is 12.4. The molecule has 0 aliphatic heterocycles. The number of aliphatic hydroxyl groups is 1. The van der Waals surface area contributed by atoms with Crippen molar-refractivity contribution in [3.8, 4) is 0 Å². The van der Waals surface area contributed by atoms with E-state index in [4.69, 9.17) is 0 Å². The Hall–Kier alpha value is -1.36. The number of aliphatic carboxylic acids is 2. The second-order valence-corrected chi connectivity index (χ2v) is 14.2. The number of rotatable bonds is 5. The van der Waals surface area contributed by atoms with Gasteiger partial charge in [-0.05, 0) is 111 Å². The Bertz CT molecular complexity index is 916. The van der Waals surface area contributed by atoms with Crippen LogP contribution in [0.1, 0.15) is 106 Å². The van der Waals surface area contributed by atoms with Crippen LogP contribution in [0.3, 0.4) is 0 Å². The highest BCUT2D eigenvalue weighted by Gasteiger charge is 2.68. The predicted molar refractivity (Wildman–Crippen MR) is 137 cm³/mol. The molecule has 3 fully saturated rings. The monoisotopic (exact) mass is 488 g/mol. The number of carboxylic acids is 2. The van der Waals surface area contributed by atoms with Crippen LogP contribution in [-0.2, 0) is 9.59 Å². The summed E-state index contributed by atoms with van der Waals surface area (Å²) in [6, 6.07) is 0. The summed E-state index contributed by atoms with van der Waals surface area (Å²) in [6.07, 6.45) is 9.12. The highest BCUT2D eigenvalue weighted by Crippen LogP contribution is 2.74. The summed E-state index contributed by atoms with van der Waals surface area (Å²) < 4.78 is 0. The Kier molecular flexibility index (Phi) is 6.35. The molecule has 0 aromatic carbocycles. The molecule has 5 nitrogen and oxygen atoms in total. The Labute approximate surface area is 211 Å². The minimum atomic E-state index is -0.877. The summed E-state index contributed by atoms with van der Waals surface area (Å²) in [6.45, 7) is 15.4. The Morgan fingerprint density at radius 1 is 1.03 bits per heavy atom. The largest absolute Gasteiger partial charge is 0.481 e. The minimum Gasteiger partial charge on any atom is -0.481 e. The molecule has 3 N–H and O–H groups in total. The predicted octanol–water partition coefficient (Wildman–Crippen LogP) is 6.54. The fourth-order valence-electron chi connectivity index (χ4n) is 10.1. The first-order valence-corrected chi connectivity index (χ1v) is 13.9. The zero-order chi connectivity index (χ0) is 26.2. The van der Waals surface area contributed by atoms with Crippen molar-refractivity contribution in [3.05, 3.63) is 11.6 Å². The fourth-order valence-corrected chi connectivity index (χ4v) is 10.1. The Balaban J connectivity index is 1.84. The number of carboxylic acid groups (broad SMARTS) is 2. The third-order valence-electron chi connectivity index (χ3n) is 12.4. The number of fused-ring (bicyclic) bond motifs is 5. The number of hydrogen-bond acceptors (Lipinski definition) is 3. The van der Waals surface area contributed by atoms with Gasteiger partial charge >= 0.3 is 11.9 Å². The summed E-state index contributed by atoms with van der Waals surface area (Å²) in [7, 11) is 0. The molecular formula is C30H48O5. The fraction of sp³-hybridized carbons (Fsp3) is 0.867. The molecular weight excluding hydrogens is 440 g/mol. The summed E-state index contributed by atoms with van der Waals surface area (Å²) >= 11 is 0. The lowest BCUT2D eigenvalue weighted by Crippen LogP contribution is -2.64. The maximum atomic E-state index is 12.8. The molecule has 0 bridgehead atoms. The second kappa shape index (κ2) is 8.33. The molecule has 4 aliphatic carbocycles. The highest BCUT2D eigenvalue weighted by molar-refractivity contribution is 5.76. The van der Waals surface area contributed by atoms with Gasteiger partial charge in [0.1, 0.15) is 0 Å². The van der Waals surface area contributed by atoms with Crippen LogP contribution in [-0.4, -0.2) is 32.9 Å². The van der Waals surface area contributed by atoms with Crippen molar-refractivity contribution in [2.45, 2.75) is 112 Å². The maximum Gasteiger partial charge on any atom is 0.310 e. The van der Waals surface area contributed by atoms with Crippen molar-refractivity contribution in [1.82, 2.24) is 0 Å². The van der Waals surface area contributed by atoms with E-state index in [1.54, 1.807) is 0 Å². The van der Waals surface area contributed by atoms with Gasteiger partial charge in [0.25, 0.3) is 0 Å². The Morgan fingerprint density at radius 2 is 1.69 bits per heavy atom. The van der Waals surface area contributed by atoms with E-state index in [-0.39, 0.29) is 40.4 Å². The zero-order valence-corrected chi connectivity index (χ0v) is 23.0. The first-order valence-electron chi connectivity index (χ1n) is 13.9. The first kappa shape index (κ1) is 26.7. The standard InChI is InChI=1S/C30H48O5/c1-18-10-15-30(25(33)34)17-16-28(6)20(24(30)19(18)2)8-9-22-27(5,13-12-23(31)32)21(26(3,4)35)11-14-29(22,28)7/h8,18-19,21-22,24,35H,9-17H2,1-7H3,(H,31,32)(H,33,34)/t18-,19+,21?,22?,24?,27+,28-,29-,30+/m1/s1. The van der Waals surface area contributed by atoms with E-state index < -0.39 is 23.0 Å². The van der Waals surface area contributed by atoms with E-state index in [9.17, 15) is 24.9 Å². The molecule has 0 spiro atoms. The van der Waals surface area contributed by atoms with Gasteiger partial charge in [0, 0.05) is 6.42 Å². The van der Waals surface area contributed by atoms with Crippen LogP contribution in [0.5, 0.6) is 0 Å². The SMILES string of the molecule is C[C@@H]1CC[C@]2(C(=O)O)CC[C@]3(C)C(=CCC4[C@@](C)(CCC(=O)O)C(C(C)(C)O)CC[C@]43C)C2[C@H]1C. The van der Waals surface area contributed by atoms with Crippen molar-refractivity contribution < 1.29 is 24.9 Å². The lowest BCUT2D eigenvalue weighted by Gasteiger charge is -2.69. The number of carbonyl (C=O) groups is 2. The number of hydrogen-bond donors (Lipinski definition) is 3. The summed E-state index contributed by atoms with van der Waals surface area (Å²) in [4.78, 5) is 24.5. The van der Waals surface area contributed by atoms with E-state index in [0.717, 1.165) is 44.9 Å². The van der Waals surface area contributed by atoms with Crippen molar-refractivity contribution in [1.29, 1.82) is 0 Å². The van der Waals surface area contributed by atoms with Crippen LogP contribution in [0.4, 0.5) is 0 Å². The maximum absolute atomic E-state index is 12.8. The Morgan fingerprint density at radius 3 is 2.26 bits per heavy atom. The smallest absolute Gasteiger partial charge is 0.310 e. The van der Waals surface area contributed by atoms with E-state index >= 15 is 0 Å². The summed E-state index contributed by atoms with van der Waals surface area (Å²) in [5, 5.41) is 31.3. The summed E-state index contributed by atoms with van der Waals surface area (Å²) in [5.74, 6) is -0.209. The molecule has 0 aromatic rings. The van der Waals surface area contributed by atoms with Crippen LogP contribution >= 0.6 is 0 Å². The van der Waals surface area contributed by atoms with E-state index in [1.165, 1.54) is 5.57 Å². The molecule has 9 atom stereocenters. The minimum absolute atomic E-state index is 0.0290. The average Bonchev–Trinajstić information content (AvgIpc) is 2.74. The van der Waals surface area contributed by atoms with Crippen molar-refractivity contribution in [2.24, 2.45) is 51.2 Å². The average molecular weight is 489 g/mol. The van der Waals surface area contributed by atoms with Gasteiger partial charge in [0.2, 0.25) is 0 Å². The van der Waals surface area contributed by atoms with E-state index in [0.29, 0.717) is 18.3 Å². The van der Waals surface area contributed by atoms with Crippen LogP contribution < -0.4 is 0 Å². The molecule has 4 rings (SSSR count). The molecule has 0 radical (unpaired) electrons. The van der Waals surface area contributed by atoms with E-state index in [2.05, 4.69) is 40.7 Å². The number of allylic oxidation sites excluding steroid dienone is 2. The van der Waals surface area contributed by atoms with Gasteiger partial charge in [-0.1, -0.05) is 46.3 Å². The van der Waals surface area contributed by atoms with Gasteiger partial charge in [-0.25, -0.2) is 0 Å². The van der Waals surface area contributed by atoms with Gasteiger partial charge in [0.05, 0.1) is 11.0 Å². The molecule has 0 saturated heterocycles. The first-order chi connectivity index (χ1) is 16.0.